The van der Waals surface area contributed by atoms with Crippen molar-refractivity contribution in [3.63, 3.8) is 0 Å². The highest BCUT2D eigenvalue weighted by molar-refractivity contribution is 7.10. The number of rotatable bonds is 5. The van der Waals surface area contributed by atoms with E-state index in [1.54, 1.807) is 23.9 Å². The van der Waals surface area contributed by atoms with Gasteiger partial charge in [-0.3, -0.25) is 4.79 Å². The van der Waals surface area contributed by atoms with Crippen molar-refractivity contribution in [3.8, 4) is 0 Å². The molecule has 0 aromatic carbocycles. The highest BCUT2D eigenvalue weighted by Gasteiger charge is 2.29. The highest BCUT2D eigenvalue weighted by atomic mass is 32.1. The number of nitrogens with one attached hydrogen (secondary N) is 1. The van der Waals surface area contributed by atoms with Gasteiger partial charge in [0.25, 0.3) is 0 Å². The lowest BCUT2D eigenvalue weighted by Gasteiger charge is -2.25. The Morgan fingerprint density at radius 3 is 2.90 bits per heavy atom. The van der Waals surface area contributed by atoms with Gasteiger partial charge < -0.3 is 9.88 Å². The standard InChI is InChI=1S/C16H21N3OS/c1-12(19-9-8-17-11-19)16(20)18-15(13-5-2-3-6-13)14-7-4-10-21-14/h4,7-13,15H,2-3,5-6H2,1H3,(H,18,20)/t12-,15-/m1/s1. The number of hydrogen-bond acceptors (Lipinski definition) is 3. The maximum atomic E-state index is 12.5. The van der Waals surface area contributed by atoms with Crippen LogP contribution in [0.5, 0.6) is 0 Å². The molecule has 0 unspecified atom stereocenters. The maximum absolute atomic E-state index is 12.5. The van der Waals surface area contributed by atoms with Gasteiger partial charge in [0.1, 0.15) is 6.04 Å². The van der Waals surface area contributed by atoms with Gasteiger partial charge in [-0.1, -0.05) is 18.9 Å². The van der Waals surface area contributed by atoms with E-state index >= 15 is 0 Å². The van der Waals surface area contributed by atoms with Gasteiger partial charge in [-0.25, -0.2) is 4.98 Å². The Morgan fingerprint density at radius 2 is 2.29 bits per heavy atom. The Morgan fingerprint density at radius 1 is 1.48 bits per heavy atom. The Hall–Kier alpha value is -1.62. The summed E-state index contributed by atoms with van der Waals surface area (Å²) in [5.74, 6) is 0.640. The molecule has 1 amide bonds. The number of thiophene rings is 1. The quantitative estimate of drug-likeness (QED) is 0.918. The van der Waals surface area contributed by atoms with Crippen LogP contribution in [0.4, 0.5) is 0 Å². The number of imidazole rings is 1. The van der Waals surface area contributed by atoms with Gasteiger partial charge in [-0.15, -0.1) is 11.3 Å². The van der Waals surface area contributed by atoms with E-state index in [0.717, 1.165) is 0 Å². The van der Waals surface area contributed by atoms with Crippen molar-refractivity contribution in [2.24, 2.45) is 5.92 Å². The molecule has 3 rings (SSSR count). The second-order valence-corrected chi connectivity index (χ2v) is 6.71. The minimum Gasteiger partial charge on any atom is -0.346 e. The van der Waals surface area contributed by atoms with Crippen LogP contribution in [-0.4, -0.2) is 15.5 Å². The lowest BCUT2D eigenvalue weighted by Crippen LogP contribution is -2.36. The topological polar surface area (TPSA) is 46.9 Å². The summed E-state index contributed by atoms with van der Waals surface area (Å²) < 4.78 is 1.84. The molecule has 0 bridgehead atoms. The van der Waals surface area contributed by atoms with Gasteiger partial charge in [0.05, 0.1) is 12.4 Å². The van der Waals surface area contributed by atoms with Crippen LogP contribution in [-0.2, 0) is 4.79 Å². The number of carbonyl (C=O) groups is 1. The van der Waals surface area contributed by atoms with E-state index in [4.69, 9.17) is 0 Å². The smallest absolute Gasteiger partial charge is 0.243 e. The predicted octanol–water partition coefficient (Wildman–Crippen LogP) is 3.55. The van der Waals surface area contributed by atoms with Gasteiger partial charge in [0.15, 0.2) is 0 Å². The second-order valence-electron chi connectivity index (χ2n) is 5.73. The van der Waals surface area contributed by atoms with E-state index in [0.29, 0.717) is 5.92 Å². The molecule has 1 fully saturated rings. The van der Waals surface area contributed by atoms with Crippen LogP contribution in [0, 0.1) is 5.92 Å². The van der Waals surface area contributed by atoms with Crippen LogP contribution in [0.15, 0.2) is 36.2 Å². The summed E-state index contributed by atoms with van der Waals surface area (Å²) in [4.78, 5) is 17.8. The van der Waals surface area contributed by atoms with E-state index in [-0.39, 0.29) is 18.0 Å². The summed E-state index contributed by atoms with van der Waals surface area (Å²) in [5.41, 5.74) is 0. The fourth-order valence-electron chi connectivity index (χ4n) is 3.09. The summed E-state index contributed by atoms with van der Waals surface area (Å²) in [6, 6.07) is 4.13. The van der Waals surface area contributed by atoms with Crippen molar-refractivity contribution < 1.29 is 4.79 Å². The molecule has 2 atom stereocenters. The van der Waals surface area contributed by atoms with Gasteiger partial charge >= 0.3 is 0 Å². The van der Waals surface area contributed by atoms with E-state index in [9.17, 15) is 4.79 Å². The molecule has 112 valence electrons. The average Bonchev–Trinajstić information content (AvgIpc) is 3.27. The molecule has 4 nitrogen and oxygen atoms in total. The van der Waals surface area contributed by atoms with Crippen molar-refractivity contribution in [3.05, 3.63) is 41.1 Å². The summed E-state index contributed by atoms with van der Waals surface area (Å²) >= 11 is 1.74. The molecule has 2 aromatic rings. The molecule has 2 heterocycles. The number of nitrogens with zero attached hydrogens (tertiary/aromatic N) is 2. The van der Waals surface area contributed by atoms with Crippen LogP contribution in [0.25, 0.3) is 0 Å². The van der Waals surface area contributed by atoms with Crippen LogP contribution in [0.1, 0.15) is 49.6 Å². The van der Waals surface area contributed by atoms with Crippen LogP contribution >= 0.6 is 11.3 Å². The number of aromatic nitrogens is 2. The predicted molar refractivity (Wildman–Crippen MR) is 84.1 cm³/mol. The van der Waals surface area contributed by atoms with Crippen LogP contribution in [0.2, 0.25) is 0 Å². The summed E-state index contributed by atoms with van der Waals surface area (Å²) in [6.07, 6.45) is 10.2. The number of amides is 1. The molecule has 0 saturated heterocycles. The molecule has 1 aliphatic carbocycles. The van der Waals surface area contributed by atoms with Crippen molar-refractivity contribution >= 4 is 17.2 Å². The Bertz CT molecular complexity index is 558. The SMILES string of the molecule is C[C@H](C(=O)N[C@@H](c1cccs1)C1CCCC1)n1ccnc1. The molecule has 1 N–H and O–H groups in total. The van der Waals surface area contributed by atoms with Gasteiger partial charge in [0, 0.05) is 17.3 Å². The van der Waals surface area contributed by atoms with E-state index < -0.39 is 0 Å². The largest absolute Gasteiger partial charge is 0.346 e. The molecule has 0 radical (unpaired) electrons. The molecule has 0 spiro atoms. The zero-order chi connectivity index (χ0) is 14.7. The zero-order valence-electron chi connectivity index (χ0n) is 12.2. The first-order chi connectivity index (χ1) is 10.3. The third kappa shape index (κ3) is 3.18. The van der Waals surface area contributed by atoms with Gasteiger partial charge in [-0.05, 0) is 37.1 Å². The lowest BCUT2D eigenvalue weighted by atomic mass is 9.96. The molecule has 2 aromatic heterocycles. The van der Waals surface area contributed by atoms with Crippen molar-refractivity contribution in [2.75, 3.05) is 0 Å². The monoisotopic (exact) mass is 303 g/mol. The van der Waals surface area contributed by atoms with E-state index in [1.807, 2.05) is 17.7 Å². The molecule has 21 heavy (non-hydrogen) atoms. The summed E-state index contributed by atoms with van der Waals surface area (Å²) in [5, 5.41) is 5.36. The lowest BCUT2D eigenvalue weighted by molar-refractivity contribution is -0.125. The fraction of sp³-hybridized carbons (Fsp3) is 0.500. The Labute approximate surface area is 129 Å². The van der Waals surface area contributed by atoms with Crippen molar-refractivity contribution in [1.29, 1.82) is 0 Å². The normalized spacial score (nSPS) is 18.5. The minimum absolute atomic E-state index is 0.0679. The Balaban J connectivity index is 1.73. The summed E-state index contributed by atoms with van der Waals surface area (Å²) in [7, 11) is 0. The number of carbonyl (C=O) groups excluding carboxylic acids is 1. The molecule has 5 heteroatoms. The first-order valence-corrected chi connectivity index (χ1v) is 8.45. The summed E-state index contributed by atoms with van der Waals surface area (Å²) in [6.45, 7) is 1.91. The molecular weight excluding hydrogens is 282 g/mol. The molecular formula is C16H21N3OS. The number of hydrogen-bond donors (Lipinski definition) is 1. The van der Waals surface area contributed by atoms with E-state index in [1.165, 1.54) is 30.6 Å². The minimum atomic E-state index is -0.226. The first-order valence-electron chi connectivity index (χ1n) is 7.57. The average molecular weight is 303 g/mol. The second kappa shape index (κ2) is 6.43. The third-order valence-electron chi connectivity index (χ3n) is 4.37. The fourth-order valence-corrected chi connectivity index (χ4v) is 3.96. The highest BCUT2D eigenvalue weighted by Crippen LogP contribution is 2.37. The molecule has 1 aliphatic rings. The van der Waals surface area contributed by atoms with Crippen molar-refractivity contribution in [2.45, 2.75) is 44.7 Å². The van der Waals surface area contributed by atoms with Gasteiger partial charge in [-0.2, -0.15) is 0 Å². The van der Waals surface area contributed by atoms with Crippen LogP contribution < -0.4 is 5.32 Å². The van der Waals surface area contributed by atoms with E-state index in [2.05, 4.69) is 27.8 Å². The van der Waals surface area contributed by atoms with Crippen LogP contribution in [0.3, 0.4) is 0 Å². The zero-order valence-corrected chi connectivity index (χ0v) is 13.1. The van der Waals surface area contributed by atoms with Crippen molar-refractivity contribution in [1.82, 2.24) is 14.9 Å². The van der Waals surface area contributed by atoms with Gasteiger partial charge in [0.2, 0.25) is 5.91 Å². The molecule has 1 saturated carbocycles. The third-order valence-corrected chi connectivity index (χ3v) is 5.33. The first kappa shape index (κ1) is 14.3. The maximum Gasteiger partial charge on any atom is 0.243 e. The molecule has 0 aliphatic heterocycles. The Kier molecular flexibility index (Phi) is 4.39.